The van der Waals surface area contributed by atoms with E-state index in [0.717, 1.165) is 13.2 Å². The number of hydrogen-bond donors (Lipinski definition) is 0. The minimum absolute atomic E-state index is 0.705. The summed E-state index contributed by atoms with van der Waals surface area (Å²) >= 11 is -2.09. The molecule has 0 bridgehead atoms. The molecule has 0 spiro atoms. The number of unbranched alkanes of at least 4 members (excludes halogenated alkanes) is 3. The molecule has 1 unspecified atom stereocenters. The molecule has 1 nitrogen and oxygen atoms in total. The van der Waals surface area contributed by atoms with Crippen molar-refractivity contribution in [2.75, 3.05) is 13.2 Å². The van der Waals surface area contributed by atoms with E-state index < -0.39 is 18.4 Å². The van der Waals surface area contributed by atoms with E-state index >= 15 is 0 Å². The quantitative estimate of drug-likeness (QED) is 0.291. The Balaban J connectivity index is 2.16. The van der Waals surface area contributed by atoms with Gasteiger partial charge in [-0.3, -0.25) is 0 Å². The molecule has 26 heavy (non-hydrogen) atoms. The Bertz CT molecular complexity index is 500. The summed E-state index contributed by atoms with van der Waals surface area (Å²) in [7, 11) is 0. The number of benzene rings is 1. The van der Waals surface area contributed by atoms with Crippen LogP contribution in [0, 0.1) is 5.92 Å². The normalized spacial score (nSPS) is 19.3. The number of hydrogen-bond acceptors (Lipinski definition) is 1. The molecule has 0 saturated carbocycles. The molecule has 1 saturated heterocycles. The van der Waals surface area contributed by atoms with Gasteiger partial charge >= 0.3 is 167 Å². The van der Waals surface area contributed by atoms with Crippen molar-refractivity contribution in [3.05, 3.63) is 41.5 Å². The van der Waals surface area contributed by atoms with Crippen LogP contribution in [-0.2, 0) is 4.74 Å². The van der Waals surface area contributed by atoms with Gasteiger partial charge in [0, 0.05) is 0 Å². The minimum atomic E-state index is -2.09. The van der Waals surface area contributed by atoms with Crippen LogP contribution in [0.25, 0.3) is 6.08 Å². The topological polar surface area (TPSA) is 9.23 Å². The Labute approximate surface area is 166 Å². The van der Waals surface area contributed by atoms with Crippen molar-refractivity contribution in [3.63, 3.8) is 0 Å². The Morgan fingerprint density at radius 2 is 1.50 bits per heavy atom. The zero-order valence-electron chi connectivity index (χ0n) is 17.4. The molecule has 1 heterocycles. The van der Waals surface area contributed by atoms with E-state index in [1.165, 1.54) is 48.5 Å². The first-order valence-corrected chi connectivity index (χ1v) is 19.1. The van der Waals surface area contributed by atoms with Crippen LogP contribution in [0.1, 0.15) is 64.9 Å². The fourth-order valence-corrected chi connectivity index (χ4v) is 21.9. The standard InChI is InChI=1S/C12H13O.3C4H9.Sn/c1-10-8-13-9-12(10)7-11-5-3-2-4-6-11;3*1-3-4-2;/h2-7,10H,1,8-9H2;3*1,3-4H2,2H3;/b12-7-;;;;. The van der Waals surface area contributed by atoms with Gasteiger partial charge in [0.15, 0.2) is 0 Å². The van der Waals surface area contributed by atoms with Crippen LogP contribution in [-0.4, -0.2) is 31.6 Å². The Morgan fingerprint density at radius 1 is 0.923 bits per heavy atom. The Hall–Kier alpha value is -0.281. The summed E-state index contributed by atoms with van der Waals surface area (Å²) in [6, 6.07) is 10.8. The number of rotatable bonds is 12. The first-order valence-electron chi connectivity index (χ1n) is 11.1. The molecule has 0 aromatic heterocycles. The molecule has 0 radical (unpaired) electrons. The Morgan fingerprint density at radius 3 is 2.04 bits per heavy atom. The Kier molecular flexibility index (Phi) is 10.4. The van der Waals surface area contributed by atoms with Crippen LogP contribution in [0.2, 0.25) is 17.7 Å². The summed E-state index contributed by atoms with van der Waals surface area (Å²) < 4.78 is 12.3. The monoisotopic (exact) mass is 464 g/mol. The average Bonchev–Trinajstić information content (AvgIpc) is 3.10. The van der Waals surface area contributed by atoms with E-state index in [4.69, 9.17) is 4.74 Å². The van der Waals surface area contributed by atoms with Crippen LogP contribution in [0.15, 0.2) is 35.9 Å². The molecule has 1 fully saturated rings. The van der Waals surface area contributed by atoms with Gasteiger partial charge in [0.2, 0.25) is 0 Å². The van der Waals surface area contributed by atoms with Gasteiger partial charge in [0.25, 0.3) is 0 Å². The van der Waals surface area contributed by atoms with E-state index in [1.54, 1.807) is 18.9 Å². The molecule has 1 aliphatic heterocycles. The van der Waals surface area contributed by atoms with E-state index in [2.05, 4.69) is 57.2 Å². The first-order chi connectivity index (χ1) is 12.7. The first kappa shape index (κ1) is 22.0. The second-order valence-electron chi connectivity index (χ2n) is 8.36. The summed E-state index contributed by atoms with van der Waals surface area (Å²) in [5.41, 5.74) is 2.91. The van der Waals surface area contributed by atoms with Gasteiger partial charge in [-0.25, -0.2) is 0 Å². The third-order valence-corrected chi connectivity index (χ3v) is 22.1. The summed E-state index contributed by atoms with van der Waals surface area (Å²) in [5.74, 6) is 0.705. The second kappa shape index (κ2) is 12.2. The van der Waals surface area contributed by atoms with Gasteiger partial charge in [-0.1, -0.05) is 0 Å². The molecule has 146 valence electrons. The van der Waals surface area contributed by atoms with E-state index in [9.17, 15) is 0 Å². The van der Waals surface area contributed by atoms with Gasteiger partial charge in [-0.05, 0) is 0 Å². The second-order valence-corrected chi connectivity index (χ2v) is 22.4. The molecule has 0 N–H and O–H groups in total. The van der Waals surface area contributed by atoms with Crippen LogP contribution in [0.3, 0.4) is 0 Å². The fraction of sp³-hybridized carbons (Fsp3) is 0.667. The summed E-state index contributed by atoms with van der Waals surface area (Å²) in [5, 5.41) is 0. The van der Waals surface area contributed by atoms with Crippen LogP contribution in [0.5, 0.6) is 0 Å². The van der Waals surface area contributed by atoms with Crippen molar-refractivity contribution in [3.8, 4) is 0 Å². The van der Waals surface area contributed by atoms with E-state index in [1.807, 2.05) is 0 Å². The van der Waals surface area contributed by atoms with Crippen molar-refractivity contribution >= 4 is 24.5 Å². The van der Waals surface area contributed by atoms with Crippen molar-refractivity contribution in [1.82, 2.24) is 0 Å². The molecule has 2 heteroatoms. The third kappa shape index (κ3) is 7.03. The maximum atomic E-state index is 5.97. The fourth-order valence-electron chi connectivity index (χ4n) is 4.52. The van der Waals surface area contributed by atoms with Gasteiger partial charge < -0.3 is 0 Å². The van der Waals surface area contributed by atoms with E-state index in [0.29, 0.717) is 5.92 Å². The molecule has 0 amide bonds. The van der Waals surface area contributed by atoms with Gasteiger partial charge in [0.1, 0.15) is 0 Å². The van der Waals surface area contributed by atoms with Gasteiger partial charge in [0.05, 0.1) is 0 Å². The molecular formula is C24H40OSn. The predicted octanol–water partition coefficient (Wildman–Crippen LogP) is 7.57. The summed E-state index contributed by atoms with van der Waals surface area (Å²) in [6.45, 7) is 8.94. The van der Waals surface area contributed by atoms with Crippen LogP contribution in [0.4, 0.5) is 0 Å². The molecule has 1 aromatic carbocycles. The number of ether oxygens (including phenoxy) is 1. The summed E-state index contributed by atoms with van der Waals surface area (Å²) in [6.07, 6.45) is 10.9. The summed E-state index contributed by atoms with van der Waals surface area (Å²) in [4.78, 5) is 0. The van der Waals surface area contributed by atoms with E-state index in [-0.39, 0.29) is 0 Å². The van der Waals surface area contributed by atoms with Gasteiger partial charge in [-0.15, -0.1) is 0 Å². The maximum absolute atomic E-state index is 5.97. The predicted molar refractivity (Wildman–Crippen MR) is 118 cm³/mol. The van der Waals surface area contributed by atoms with Crippen LogP contribution < -0.4 is 0 Å². The molecule has 1 aromatic rings. The molecule has 2 rings (SSSR count). The molecular weight excluding hydrogens is 423 g/mol. The third-order valence-electron chi connectivity index (χ3n) is 6.13. The van der Waals surface area contributed by atoms with Crippen molar-refractivity contribution in [1.29, 1.82) is 0 Å². The molecule has 1 aliphatic rings. The van der Waals surface area contributed by atoms with Crippen LogP contribution >= 0.6 is 0 Å². The van der Waals surface area contributed by atoms with Gasteiger partial charge in [-0.2, -0.15) is 0 Å². The zero-order chi connectivity index (χ0) is 18.7. The average molecular weight is 463 g/mol. The zero-order valence-corrected chi connectivity index (χ0v) is 20.3. The molecule has 1 atom stereocenters. The molecule has 0 aliphatic carbocycles. The van der Waals surface area contributed by atoms with Crippen molar-refractivity contribution in [2.24, 2.45) is 5.92 Å². The van der Waals surface area contributed by atoms with Crippen molar-refractivity contribution in [2.45, 2.75) is 77.0 Å². The SMILES string of the molecule is CCC[CH2][Sn]([CH2]CCC)([CH2]CCC)[CH2]C1COC/C1=C/c1ccccc1. The van der Waals surface area contributed by atoms with Crippen molar-refractivity contribution < 1.29 is 4.74 Å².